The third kappa shape index (κ3) is 3.04. The maximum absolute atomic E-state index is 11.7. The predicted molar refractivity (Wildman–Crippen MR) is 69.7 cm³/mol. The van der Waals surface area contributed by atoms with Gasteiger partial charge in [-0.1, -0.05) is 0 Å². The van der Waals surface area contributed by atoms with Crippen molar-refractivity contribution in [3.05, 3.63) is 28.8 Å². The molecule has 0 atom stereocenters. The van der Waals surface area contributed by atoms with Crippen LogP contribution in [-0.4, -0.2) is 25.7 Å². The van der Waals surface area contributed by atoms with Gasteiger partial charge in [0.05, 0.1) is 11.4 Å². The van der Waals surface area contributed by atoms with Gasteiger partial charge in [0.1, 0.15) is 17.5 Å². The summed E-state index contributed by atoms with van der Waals surface area (Å²) in [5.41, 5.74) is 6.75. The number of pyridine rings is 1. The number of aryl methyl sites for hydroxylation is 1. The summed E-state index contributed by atoms with van der Waals surface area (Å²) in [6.45, 7) is 1.87. The first-order valence-electron chi connectivity index (χ1n) is 5.12. The van der Waals surface area contributed by atoms with Crippen LogP contribution in [0.15, 0.2) is 23.1 Å². The number of hydrogen-bond acceptors (Lipinski definition) is 5. The van der Waals surface area contributed by atoms with Crippen LogP contribution in [0.2, 0.25) is 0 Å². The Hall–Kier alpha value is -1.96. The van der Waals surface area contributed by atoms with Crippen LogP contribution in [-0.2, 0) is 11.3 Å². The first-order chi connectivity index (χ1) is 8.54. The number of halogens is 1. The van der Waals surface area contributed by atoms with E-state index in [1.165, 1.54) is 11.0 Å². The SMILES string of the molecule is Cc1nc(Br)ccc1NC(=O)Cn1cnc(N)n1. The summed E-state index contributed by atoms with van der Waals surface area (Å²) in [6.07, 6.45) is 1.40. The lowest BCUT2D eigenvalue weighted by atomic mass is 10.3. The van der Waals surface area contributed by atoms with E-state index in [2.05, 4.69) is 36.3 Å². The standard InChI is InChI=1S/C10H11BrN6O/c1-6-7(2-3-8(11)14-6)15-9(18)4-17-5-13-10(12)16-17/h2-3,5H,4H2,1H3,(H2,12,16)(H,15,18). The van der Waals surface area contributed by atoms with E-state index in [9.17, 15) is 4.79 Å². The number of rotatable bonds is 3. The Morgan fingerprint density at radius 2 is 2.33 bits per heavy atom. The first kappa shape index (κ1) is 12.5. The van der Waals surface area contributed by atoms with Crippen molar-refractivity contribution in [2.45, 2.75) is 13.5 Å². The zero-order chi connectivity index (χ0) is 13.1. The third-order valence-corrected chi connectivity index (χ3v) is 2.63. The van der Waals surface area contributed by atoms with Gasteiger partial charge in [-0.05, 0) is 35.0 Å². The van der Waals surface area contributed by atoms with Gasteiger partial charge in [0.15, 0.2) is 0 Å². The van der Waals surface area contributed by atoms with E-state index < -0.39 is 0 Å². The van der Waals surface area contributed by atoms with Gasteiger partial charge in [-0.3, -0.25) is 4.79 Å². The molecule has 2 heterocycles. The van der Waals surface area contributed by atoms with E-state index in [0.29, 0.717) is 5.69 Å². The molecule has 0 unspecified atom stereocenters. The molecule has 94 valence electrons. The van der Waals surface area contributed by atoms with Crippen molar-refractivity contribution in [2.75, 3.05) is 11.1 Å². The number of carbonyl (C=O) groups is 1. The highest BCUT2D eigenvalue weighted by Crippen LogP contribution is 2.15. The Bertz CT molecular complexity index is 581. The van der Waals surface area contributed by atoms with E-state index in [0.717, 1.165) is 10.3 Å². The number of nitrogen functional groups attached to an aromatic ring is 1. The van der Waals surface area contributed by atoms with Gasteiger partial charge < -0.3 is 11.1 Å². The van der Waals surface area contributed by atoms with Gasteiger partial charge in [0.2, 0.25) is 11.9 Å². The van der Waals surface area contributed by atoms with Gasteiger partial charge in [0, 0.05) is 0 Å². The summed E-state index contributed by atoms with van der Waals surface area (Å²) in [6, 6.07) is 3.54. The van der Waals surface area contributed by atoms with E-state index in [1.54, 1.807) is 12.1 Å². The van der Waals surface area contributed by atoms with E-state index >= 15 is 0 Å². The number of nitrogens with one attached hydrogen (secondary N) is 1. The number of amides is 1. The number of aromatic nitrogens is 4. The molecular weight excluding hydrogens is 300 g/mol. The Kier molecular flexibility index (Phi) is 3.56. The molecule has 0 bridgehead atoms. The molecule has 0 saturated heterocycles. The van der Waals surface area contributed by atoms with Gasteiger partial charge >= 0.3 is 0 Å². The Balaban J connectivity index is 2.03. The van der Waals surface area contributed by atoms with Gasteiger partial charge in [-0.15, -0.1) is 5.10 Å². The number of nitrogens with zero attached hydrogens (tertiary/aromatic N) is 4. The smallest absolute Gasteiger partial charge is 0.246 e. The second-order valence-electron chi connectivity index (χ2n) is 3.62. The van der Waals surface area contributed by atoms with Crippen molar-refractivity contribution in [3.8, 4) is 0 Å². The fraction of sp³-hybridized carbons (Fsp3) is 0.200. The molecule has 0 spiro atoms. The van der Waals surface area contributed by atoms with Gasteiger partial charge in [0.25, 0.3) is 0 Å². The van der Waals surface area contributed by atoms with E-state index in [-0.39, 0.29) is 18.4 Å². The van der Waals surface area contributed by atoms with Crippen molar-refractivity contribution in [1.29, 1.82) is 0 Å². The van der Waals surface area contributed by atoms with Crippen LogP contribution in [0.5, 0.6) is 0 Å². The summed E-state index contributed by atoms with van der Waals surface area (Å²) < 4.78 is 2.09. The maximum atomic E-state index is 11.7. The summed E-state index contributed by atoms with van der Waals surface area (Å²) in [7, 11) is 0. The van der Waals surface area contributed by atoms with Crippen molar-refractivity contribution in [3.63, 3.8) is 0 Å². The molecule has 0 aliphatic rings. The molecule has 2 aromatic heterocycles. The van der Waals surface area contributed by atoms with Crippen LogP contribution < -0.4 is 11.1 Å². The van der Waals surface area contributed by atoms with Crippen molar-refractivity contribution >= 4 is 33.5 Å². The van der Waals surface area contributed by atoms with E-state index in [1.807, 2.05) is 6.92 Å². The minimum Gasteiger partial charge on any atom is -0.367 e. The Morgan fingerprint density at radius 3 is 2.94 bits per heavy atom. The Morgan fingerprint density at radius 1 is 1.56 bits per heavy atom. The average molecular weight is 311 g/mol. The van der Waals surface area contributed by atoms with E-state index in [4.69, 9.17) is 5.73 Å². The molecule has 2 aromatic rings. The molecule has 0 fully saturated rings. The summed E-state index contributed by atoms with van der Waals surface area (Å²) in [5.74, 6) is -0.0728. The second kappa shape index (κ2) is 5.13. The molecule has 7 nitrogen and oxygen atoms in total. The highest BCUT2D eigenvalue weighted by atomic mass is 79.9. The first-order valence-corrected chi connectivity index (χ1v) is 5.92. The van der Waals surface area contributed by atoms with Crippen LogP contribution >= 0.6 is 15.9 Å². The molecule has 0 radical (unpaired) electrons. The highest BCUT2D eigenvalue weighted by Gasteiger charge is 2.07. The number of nitrogens with two attached hydrogens (primary N) is 1. The Labute approximate surface area is 112 Å². The highest BCUT2D eigenvalue weighted by molar-refractivity contribution is 9.10. The molecule has 18 heavy (non-hydrogen) atoms. The van der Waals surface area contributed by atoms with Crippen LogP contribution in [0.25, 0.3) is 0 Å². The quantitative estimate of drug-likeness (QED) is 0.823. The lowest BCUT2D eigenvalue weighted by Gasteiger charge is -2.07. The molecule has 0 aliphatic heterocycles. The average Bonchev–Trinajstić information content (AvgIpc) is 2.68. The number of carbonyl (C=O) groups excluding carboxylic acids is 1. The molecule has 0 aliphatic carbocycles. The zero-order valence-corrected chi connectivity index (χ0v) is 11.2. The van der Waals surface area contributed by atoms with Crippen LogP contribution in [0, 0.1) is 6.92 Å². The topological polar surface area (TPSA) is 98.7 Å². The lowest BCUT2D eigenvalue weighted by molar-refractivity contribution is -0.116. The minimum atomic E-state index is -0.216. The maximum Gasteiger partial charge on any atom is 0.246 e. The van der Waals surface area contributed by atoms with Crippen LogP contribution in [0.4, 0.5) is 11.6 Å². The largest absolute Gasteiger partial charge is 0.367 e. The van der Waals surface area contributed by atoms with Crippen molar-refractivity contribution < 1.29 is 4.79 Å². The van der Waals surface area contributed by atoms with Gasteiger partial charge in [-0.25, -0.2) is 14.6 Å². The number of anilines is 2. The number of hydrogen-bond donors (Lipinski definition) is 2. The monoisotopic (exact) mass is 310 g/mol. The minimum absolute atomic E-state index is 0.0553. The fourth-order valence-corrected chi connectivity index (χ4v) is 1.78. The van der Waals surface area contributed by atoms with Gasteiger partial charge in [-0.2, -0.15) is 0 Å². The molecule has 8 heteroatoms. The van der Waals surface area contributed by atoms with Crippen LogP contribution in [0.3, 0.4) is 0 Å². The second-order valence-corrected chi connectivity index (χ2v) is 4.43. The molecule has 1 amide bonds. The summed E-state index contributed by atoms with van der Waals surface area (Å²) in [4.78, 5) is 19.7. The summed E-state index contributed by atoms with van der Waals surface area (Å²) in [5, 5.41) is 6.57. The predicted octanol–water partition coefficient (Wildman–Crippen LogP) is 0.965. The van der Waals surface area contributed by atoms with Crippen LogP contribution in [0.1, 0.15) is 5.69 Å². The lowest BCUT2D eigenvalue weighted by Crippen LogP contribution is -2.19. The van der Waals surface area contributed by atoms with Crippen molar-refractivity contribution in [1.82, 2.24) is 19.7 Å². The normalized spacial score (nSPS) is 10.3. The molecule has 0 saturated carbocycles. The molecular formula is C10H11BrN6O. The third-order valence-electron chi connectivity index (χ3n) is 2.19. The molecule has 2 rings (SSSR count). The summed E-state index contributed by atoms with van der Waals surface area (Å²) >= 11 is 3.26. The van der Waals surface area contributed by atoms with Crippen molar-refractivity contribution in [2.24, 2.45) is 0 Å². The molecule has 3 N–H and O–H groups in total. The fourth-order valence-electron chi connectivity index (χ4n) is 1.38. The molecule has 0 aromatic carbocycles. The zero-order valence-electron chi connectivity index (χ0n) is 9.59.